The molecule has 1 aliphatic rings. The van der Waals surface area contributed by atoms with Crippen LogP contribution >= 0.6 is 0 Å². The molecule has 0 saturated carbocycles. The Kier molecular flexibility index (Phi) is 6.40. The molecule has 1 N–H and O–H groups in total. The topological polar surface area (TPSA) is 69.7 Å². The summed E-state index contributed by atoms with van der Waals surface area (Å²) in [4.78, 5) is 14.9. The first-order chi connectivity index (χ1) is 11.7. The third-order valence-electron chi connectivity index (χ3n) is 4.48. The van der Waals surface area contributed by atoms with Gasteiger partial charge in [0.05, 0.1) is 11.9 Å². The number of nitrogens with one attached hydrogen (secondary N) is 1. The van der Waals surface area contributed by atoms with E-state index < -0.39 is 21.9 Å². The van der Waals surface area contributed by atoms with E-state index in [4.69, 9.17) is 0 Å². The maximum absolute atomic E-state index is 13.2. The number of anilines is 1. The lowest BCUT2D eigenvalue weighted by molar-refractivity contribution is -0.123. The van der Waals surface area contributed by atoms with Gasteiger partial charge in [-0.05, 0) is 63.7 Å². The van der Waals surface area contributed by atoms with Crippen LogP contribution in [0.15, 0.2) is 24.3 Å². The minimum absolute atomic E-state index is 0.0485. The Hall–Kier alpha value is -1.67. The van der Waals surface area contributed by atoms with E-state index in [0.717, 1.165) is 36.5 Å². The summed E-state index contributed by atoms with van der Waals surface area (Å²) in [7, 11) is -1.66. The van der Waals surface area contributed by atoms with E-state index in [1.807, 2.05) is 7.05 Å². The summed E-state index contributed by atoms with van der Waals surface area (Å²) < 4.78 is 38.9. The number of likely N-dealkylation sites (tertiary alicyclic amines) is 1. The fourth-order valence-electron chi connectivity index (χ4n) is 3.10. The molecule has 2 rings (SSSR count). The minimum Gasteiger partial charge on any atom is -0.351 e. The zero-order valence-corrected chi connectivity index (χ0v) is 15.7. The Morgan fingerprint density at radius 2 is 1.88 bits per heavy atom. The minimum atomic E-state index is -3.69. The number of carbonyl (C=O) groups is 1. The zero-order chi connectivity index (χ0) is 18.6. The summed E-state index contributed by atoms with van der Waals surface area (Å²) in [6, 6.07) is 4.32. The van der Waals surface area contributed by atoms with E-state index in [1.165, 1.54) is 24.3 Å². The maximum Gasteiger partial charge on any atom is 0.244 e. The van der Waals surface area contributed by atoms with Crippen LogP contribution in [0.25, 0.3) is 0 Å². The molecule has 0 bridgehead atoms. The van der Waals surface area contributed by atoms with Gasteiger partial charge in [0.2, 0.25) is 15.9 Å². The highest BCUT2D eigenvalue weighted by atomic mass is 32.2. The molecule has 1 atom stereocenters. The van der Waals surface area contributed by atoms with Gasteiger partial charge in [-0.2, -0.15) is 0 Å². The lowest BCUT2D eigenvalue weighted by Crippen LogP contribution is -2.53. The van der Waals surface area contributed by atoms with Gasteiger partial charge in [0.1, 0.15) is 11.9 Å². The second-order valence-electron chi connectivity index (χ2n) is 6.55. The Labute approximate surface area is 149 Å². The van der Waals surface area contributed by atoms with Gasteiger partial charge in [0.15, 0.2) is 0 Å². The summed E-state index contributed by atoms with van der Waals surface area (Å²) in [5.41, 5.74) is 0.286. The van der Waals surface area contributed by atoms with Crippen LogP contribution in [-0.4, -0.2) is 57.7 Å². The van der Waals surface area contributed by atoms with Crippen LogP contribution in [0.4, 0.5) is 10.1 Å². The second-order valence-corrected chi connectivity index (χ2v) is 8.40. The van der Waals surface area contributed by atoms with E-state index in [-0.39, 0.29) is 17.6 Å². The largest absolute Gasteiger partial charge is 0.351 e. The molecule has 1 heterocycles. The van der Waals surface area contributed by atoms with Gasteiger partial charge in [0, 0.05) is 6.04 Å². The molecule has 0 radical (unpaired) electrons. The summed E-state index contributed by atoms with van der Waals surface area (Å²) in [6.45, 7) is 3.56. The highest BCUT2D eigenvalue weighted by Gasteiger charge is 2.32. The monoisotopic (exact) mass is 371 g/mol. The third kappa shape index (κ3) is 5.15. The number of carbonyl (C=O) groups excluding carboxylic acids is 1. The van der Waals surface area contributed by atoms with Gasteiger partial charge in [0.25, 0.3) is 0 Å². The molecular formula is C17H26FN3O3S. The second kappa shape index (κ2) is 8.14. The van der Waals surface area contributed by atoms with Crippen molar-refractivity contribution in [1.82, 2.24) is 10.2 Å². The molecule has 1 aliphatic heterocycles. The summed E-state index contributed by atoms with van der Waals surface area (Å²) in [5.74, 6) is -0.771. The number of piperidine rings is 1. The molecule has 6 nitrogen and oxygen atoms in total. The number of sulfonamides is 1. The molecule has 1 saturated heterocycles. The lowest BCUT2D eigenvalue weighted by Gasteiger charge is -2.34. The summed E-state index contributed by atoms with van der Waals surface area (Å²) >= 11 is 0. The fourth-order valence-corrected chi connectivity index (χ4v) is 4.31. The molecule has 1 aromatic carbocycles. The number of benzene rings is 1. The lowest BCUT2D eigenvalue weighted by atomic mass is 10.0. The van der Waals surface area contributed by atoms with E-state index in [1.54, 1.807) is 6.92 Å². The fraction of sp³-hybridized carbons (Fsp3) is 0.588. The average molecular weight is 371 g/mol. The summed E-state index contributed by atoms with van der Waals surface area (Å²) in [5, 5.41) is 2.98. The first kappa shape index (κ1) is 19.7. The molecule has 0 aliphatic carbocycles. The quantitative estimate of drug-likeness (QED) is 0.824. The molecule has 140 valence electrons. The third-order valence-corrected chi connectivity index (χ3v) is 5.66. The average Bonchev–Trinajstić information content (AvgIpc) is 2.54. The van der Waals surface area contributed by atoms with E-state index in [0.29, 0.717) is 6.42 Å². The normalized spacial score (nSPS) is 17.9. The van der Waals surface area contributed by atoms with Gasteiger partial charge in [-0.15, -0.1) is 0 Å². The first-order valence-electron chi connectivity index (χ1n) is 8.46. The van der Waals surface area contributed by atoms with Crippen molar-refractivity contribution in [3.63, 3.8) is 0 Å². The maximum atomic E-state index is 13.2. The van der Waals surface area contributed by atoms with Gasteiger partial charge >= 0.3 is 0 Å². The molecule has 0 spiro atoms. The van der Waals surface area contributed by atoms with Crippen molar-refractivity contribution in [2.45, 2.75) is 38.3 Å². The van der Waals surface area contributed by atoms with Gasteiger partial charge < -0.3 is 10.2 Å². The summed E-state index contributed by atoms with van der Waals surface area (Å²) in [6.07, 6.45) is 3.06. The molecule has 1 aromatic rings. The van der Waals surface area contributed by atoms with Crippen molar-refractivity contribution in [3.05, 3.63) is 30.1 Å². The van der Waals surface area contributed by atoms with E-state index in [9.17, 15) is 17.6 Å². The predicted molar refractivity (Wildman–Crippen MR) is 96.5 cm³/mol. The standard InChI is InChI=1S/C17H26FN3O3S/c1-4-16(17(22)19-14-9-11-20(2)12-10-14)21(25(3,23)24)15-7-5-13(18)6-8-15/h5-8,14,16H,4,9-12H2,1-3H3,(H,19,22)/t16-/m1/s1. The number of nitrogens with zero attached hydrogens (tertiary/aromatic N) is 2. The first-order valence-corrected chi connectivity index (χ1v) is 10.3. The van der Waals surface area contributed by atoms with Crippen LogP contribution in [-0.2, 0) is 14.8 Å². The highest BCUT2D eigenvalue weighted by molar-refractivity contribution is 7.92. The number of hydrogen-bond donors (Lipinski definition) is 1. The van der Waals surface area contributed by atoms with Gasteiger partial charge in [-0.1, -0.05) is 6.92 Å². The molecule has 25 heavy (non-hydrogen) atoms. The number of rotatable bonds is 6. The van der Waals surface area contributed by atoms with Gasteiger partial charge in [-0.3, -0.25) is 9.10 Å². The van der Waals surface area contributed by atoms with Crippen LogP contribution in [0, 0.1) is 5.82 Å². The van der Waals surface area contributed by atoms with Crippen LogP contribution < -0.4 is 9.62 Å². The Bertz CT molecular complexity index is 686. The molecular weight excluding hydrogens is 345 g/mol. The molecule has 1 amide bonds. The van der Waals surface area contributed by atoms with Crippen molar-refractivity contribution in [1.29, 1.82) is 0 Å². The van der Waals surface area contributed by atoms with E-state index >= 15 is 0 Å². The molecule has 1 fully saturated rings. The van der Waals surface area contributed by atoms with Crippen LogP contribution in [0.5, 0.6) is 0 Å². The number of amides is 1. The Morgan fingerprint density at radius 3 is 2.36 bits per heavy atom. The van der Waals surface area contributed by atoms with Crippen molar-refractivity contribution in [2.75, 3.05) is 30.7 Å². The number of halogens is 1. The number of hydrogen-bond acceptors (Lipinski definition) is 4. The Balaban J connectivity index is 2.21. The van der Waals surface area contributed by atoms with Crippen LogP contribution in [0.1, 0.15) is 26.2 Å². The van der Waals surface area contributed by atoms with Crippen molar-refractivity contribution in [3.8, 4) is 0 Å². The van der Waals surface area contributed by atoms with Crippen LogP contribution in [0.2, 0.25) is 0 Å². The Morgan fingerprint density at radius 1 is 1.32 bits per heavy atom. The molecule has 0 aromatic heterocycles. The van der Waals surface area contributed by atoms with E-state index in [2.05, 4.69) is 10.2 Å². The van der Waals surface area contributed by atoms with Crippen molar-refractivity contribution < 1.29 is 17.6 Å². The van der Waals surface area contributed by atoms with Crippen LogP contribution in [0.3, 0.4) is 0 Å². The zero-order valence-electron chi connectivity index (χ0n) is 14.9. The smallest absolute Gasteiger partial charge is 0.244 e. The van der Waals surface area contributed by atoms with Gasteiger partial charge in [-0.25, -0.2) is 12.8 Å². The molecule has 8 heteroatoms. The molecule has 0 unspecified atom stereocenters. The van der Waals surface area contributed by atoms with Crippen molar-refractivity contribution >= 4 is 21.6 Å². The highest BCUT2D eigenvalue weighted by Crippen LogP contribution is 2.23. The predicted octanol–water partition coefficient (Wildman–Crippen LogP) is 1.58. The van der Waals surface area contributed by atoms with Crippen molar-refractivity contribution in [2.24, 2.45) is 0 Å². The SMILES string of the molecule is CC[C@H](C(=O)NC1CCN(C)CC1)N(c1ccc(F)cc1)S(C)(=O)=O.